The largest absolute Gasteiger partial charge is 0.573 e. The van der Waals surface area contributed by atoms with Gasteiger partial charge in [-0.25, -0.2) is 4.39 Å². The van der Waals surface area contributed by atoms with Gasteiger partial charge in [0.1, 0.15) is 17.9 Å². The Hall–Kier alpha value is -2.37. The molecule has 0 atom stereocenters. The van der Waals surface area contributed by atoms with Crippen LogP contribution in [0, 0.1) is 5.82 Å². The Kier molecular flexibility index (Phi) is 3.74. The number of ether oxygens (including phenoxy) is 1. The molecule has 0 aliphatic heterocycles. The average Bonchev–Trinajstić information content (AvgIpc) is 2.36. The summed E-state index contributed by atoms with van der Waals surface area (Å²) in [6.45, 7) is 0. The molecule has 0 saturated heterocycles. The molecule has 2 nitrogen and oxygen atoms in total. The van der Waals surface area contributed by atoms with E-state index in [4.69, 9.17) is 0 Å². The van der Waals surface area contributed by atoms with E-state index in [0.29, 0.717) is 6.29 Å². The van der Waals surface area contributed by atoms with E-state index in [-0.39, 0.29) is 16.7 Å². The summed E-state index contributed by atoms with van der Waals surface area (Å²) in [5.41, 5.74) is 0.181. The van der Waals surface area contributed by atoms with E-state index in [0.717, 1.165) is 12.1 Å². The molecule has 2 aromatic rings. The third kappa shape index (κ3) is 3.34. The lowest BCUT2D eigenvalue weighted by Gasteiger charge is -2.11. The third-order valence-corrected chi connectivity index (χ3v) is 2.48. The highest BCUT2D eigenvalue weighted by molar-refractivity contribution is 5.80. The second kappa shape index (κ2) is 5.32. The fourth-order valence-corrected chi connectivity index (χ4v) is 1.73. The summed E-state index contributed by atoms with van der Waals surface area (Å²) in [6, 6.07) is 8.81. The van der Waals surface area contributed by atoms with Crippen LogP contribution >= 0.6 is 0 Å². The summed E-state index contributed by atoms with van der Waals surface area (Å²) in [5, 5.41) is 0. The minimum atomic E-state index is -4.88. The molecule has 0 fully saturated rings. The SMILES string of the molecule is O=Cc1cc(OC(F)(F)F)cc(-c2ccccc2F)c1. The van der Waals surface area contributed by atoms with Crippen LogP contribution in [0.15, 0.2) is 42.5 Å². The molecule has 0 amide bonds. The van der Waals surface area contributed by atoms with Crippen LogP contribution in [-0.4, -0.2) is 12.6 Å². The molecule has 0 aliphatic carbocycles. The number of aldehydes is 1. The van der Waals surface area contributed by atoms with Gasteiger partial charge in [-0.05, 0) is 29.8 Å². The zero-order valence-electron chi connectivity index (χ0n) is 9.95. The lowest BCUT2D eigenvalue weighted by Crippen LogP contribution is -2.17. The maximum atomic E-state index is 13.6. The molecule has 0 saturated carbocycles. The minimum Gasteiger partial charge on any atom is -0.406 e. The van der Waals surface area contributed by atoms with Crippen molar-refractivity contribution in [2.24, 2.45) is 0 Å². The van der Waals surface area contributed by atoms with Crippen molar-refractivity contribution >= 4 is 6.29 Å². The quantitative estimate of drug-likeness (QED) is 0.623. The normalized spacial score (nSPS) is 11.2. The van der Waals surface area contributed by atoms with Crippen molar-refractivity contribution in [2.45, 2.75) is 6.36 Å². The number of benzene rings is 2. The number of hydrogen-bond acceptors (Lipinski definition) is 2. The van der Waals surface area contributed by atoms with Gasteiger partial charge in [0.05, 0.1) is 0 Å². The first-order chi connectivity index (χ1) is 9.39. The molecule has 0 bridgehead atoms. The lowest BCUT2D eigenvalue weighted by atomic mass is 10.0. The number of rotatable bonds is 3. The number of carbonyl (C=O) groups excluding carboxylic acids is 1. The first kappa shape index (κ1) is 14.0. The first-order valence-electron chi connectivity index (χ1n) is 5.50. The fraction of sp³-hybridized carbons (Fsp3) is 0.0714. The third-order valence-electron chi connectivity index (χ3n) is 2.48. The number of carbonyl (C=O) groups is 1. The average molecular weight is 284 g/mol. The zero-order valence-corrected chi connectivity index (χ0v) is 9.95. The van der Waals surface area contributed by atoms with E-state index < -0.39 is 17.9 Å². The molecule has 0 aromatic heterocycles. The molecule has 2 rings (SSSR count). The molecule has 0 N–H and O–H groups in total. The summed E-state index contributed by atoms with van der Waals surface area (Å²) in [7, 11) is 0. The van der Waals surface area contributed by atoms with Gasteiger partial charge in [-0.2, -0.15) is 0 Å². The highest BCUT2D eigenvalue weighted by atomic mass is 19.4. The topological polar surface area (TPSA) is 26.3 Å². The van der Waals surface area contributed by atoms with Crippen molar-refractivity contribution < 1.29 is 27.1 Å². The molecule has 104 valence electrons. The minimum absolute atomic E-state index is 0.0370. The molecular weight excluding hydrogens is 276 g/mol. The van der Waals surface area contributed by atoms with Gasteiger partial charge in [0.15, 0.2) is 0 Å². The smallest absolute Gasteiger partial charge is 0.406 e. The van der Waals surface area contributed by atoms with Gasteiger partial charge in [-0.1, -0.05) is 18.2 Å². The van der Waals surface area contributed by atoms with E-state index in [2.05, 4.69) is 4.74 Å². The molecule has 0 aliphatic rings. The molecule has 2 aromatic carbocycles. The Labute approximate surface area is 111 Å². The Morgan fingerprint density at radius 2 is 1.75 bits per heavy atom. The predicted octanol–water partition coefficient (Wildman–Crippen LogP) is 4.20. The second-order valence-electron chi connectivity index (χ2n) is 3.94. The van der Waals surface area contributed by atoms with Crippen LogP contribution in [-0.2, 0) is 0 Å². The van der Waals surface area contributed by atoms with Gasteiger partial charge in [0.2, 0.25) is 0 Å². The fourth-order valence-electron chi connectivity index (χ4n) is 1.73. The molecule has 6 heteroatoms. The van der Waals surface area contributed by atoms with Gasteiger partial charge in [0, 0.05) is 11.1 Å². The maximum absolute atomic E-state index is 13.6. The van der Waals surface area contributed by atoms with Crippen molar-refractivity contribution in [3.63, 3.8) is 0 Å². The Morgan fingerprint density at radius 1 is 1.05 bits per heavy atom. The molecule has 0 spiro atoms. The van der Waals surface area contributed by atoms with Gasteiger partial charge in [-0.3, -0.25) is 4.79 Å². The zero-order chi connectivity index (χ0) is 14.8. The summed E-state index contributed by atoms with van der Waals surface area (Å²) in [4.78, 5) is 10.8. The molecule has 0 unspecified atom stereocenters. The highest BCUT2D eigenvalue weighted by Gasteiger charge is 2.31. The number of hydrogen-bond donors (Lipinski definition) is 0. The van der Waals surface area contributed by atoms with E-state index in [1.165, 1.54) is 30.3 Å². The van der Waals surface area contributed by atoms with E-state index >= 15 is 0 Å². The van der Waals surface area contributed by atoms with E-state index in [9.17, 15) is 22.4 Å². The van der Waals surface area contributed by atoms with Crippen LogP contribution in [0.2, 0.25) is 0 Å². The molecule has 0 radical (unpaired) electrons. The van der Waals surface area contributed by atoms with Crippen molar-refractivity contribution in [1.82, 2.24) is 0 Å². The molecule has 20 heavy (non-hydrogen) atoms. The number of alkyl halides is 3. The van der Waals surface area contributed by atoms with Crippen LogP contribution in [0.5, 0.6) is 5.75 Å². The Morgan fingerprint density at radius 3 is 2.35 bits per heavy atom. The predicted molar refractivity (Wildman–Crippen MR) is 63.9 cm³/mol. The van der Waals surface area contributed by atoms with Gasteiger partial charge < -0.3 is 4.74 Å². The van der Waals surface area contributed by atoms with Crippen LogP contribution < -0.4 is 4.74 Å². The van der Waals surface area contributed by atoms with Crippen LogP contribution in [0.25, 0.3) is 11.1 Å². The standard InChI is InChI=1S/C14H8F4O2/c15-13-4-2-1-3-12(13)10-5-9(8-19)6-11(7-10)20-14(16,17)18/h1-8H. The van der Waals surface area contributed by atoms with E-state index in [1.807, 2.05) is 0 Å². The summed E-state index contributed by atoms with van der Waals surface area (Å²) >= 11 is 0. The van der Waals surface area contributed by atoms with Crippen LogP contribution in [0.3, 0.4) is 0 Å². The van der Waals surface area contributed by atoms with Crippen molar-refractivity contribution in [3.8, 4) is 16.9 Å². The summed E-state index contributed by atoms with van der Waals surface area (Å²) in [5.74, 6) is -1.17. The first-order valence-corrected chi connectivity index (χ1v) is 5.50. The monoisotopic (exact) mass is 284 g/mol. The molecular formula is C14H8F4O2. The van der Waals surface area contributed by atoms with Crippen LogP contribution in [0.4, 0.5) is 17.6 Å². The van der Waals surface area contributed by atoms with Crippen LogP contribution in [0.1, 0.15) is 10.4 Å². The van der Waals surface area contributed by atoms with Gasteiger partial charge in [0.25, 0.3) is 0 Å². The van der Waals surface area contributed by atoms with Crippen molar-refractivity contribution in [1.29, 1.82) is 0 Å². The Balaban J connectivity index is 2.51. The number of halogens is 4. The second-order valence-corrected chi connectivity index (χ2v) is 3.94. The van der Waals surface area contributed by atoms with Gasteiger partial charge in [-0.15, -0.1) is 13.2 Å². The van der Waals surface area contributed by atoms with E-state index in [1.54, 1.807) is 0 Å². The van der Waals surface area contributed by atoms with Crippen molar-refractivity contribution in [3.05, 3.63) is 53.8 Å². The Bertz CT molecular complexity index is 635. The van der Waals surface area contributed by atoms with Gasteiger partial charge >= 0.3 is 6.36 Å². The lowest BCUT2D eigenvalue weighted by molar-refractivity contribution is -0.274. The maximum Gasteiger partial charge on any atom is 0.573 e. The highest BCUT2D eigenvalue weighted by Crippen LogP contribution is 2.30. The van der Waals surface area contributed by atoms with Crippen molar-refractivity contribution in [2.75, 3.05) is 0 Å². The molecule has 0 heterocycles. The summed E-state index contributed by atoms with van der Waals surface area (Å²) in [6.07, 6.45) is -4.51. The summed E-state index contributed by atoms with van der Waals surface area (Å²) < 4.78 is 54.0.